The Kier molecular flexibility index (Phi) is 5.65. The SMILES string of the molecule is CCC[C@@H](O)[C@@H](C)C(=O)Nc1ccc(OC)cc1. The van der Waals surface area contributed by atoms with Crippen LogP contribution in [0.3, 0.4) is 0 Å². The van der Waals surface area contributed by atoms with Crippen molar-refractivity contribution in [2.45, 2.75) is 32.8 Å². The number of anilines is 1. The summed E-state index contributed by atoms with van der Waals surface area (Å²) in [6, 6.07) is 7.11. The van der Waals surface area contributed by atoms with Crippen LogP contribution in [-0.2, 0) is 4.79 Å². The molecule has 18 heavy (non-hydrogen) atoms. The highest BCUT2D eigenvalue weighted by Crippen LogP contribution is 2.17. The van der Waals surface area contributed by atoms with Gasteiger partial charge in [-0.3, -0.25) is 4.79 Å². The molecule has 2 N–H and O–H groups in total. The highest BCUT2D eigenvalue weighted by molar-refractivity contribution is 5.92. The molecule has 0 saturated carbocycles. The molecule has 0 bridgehead atoms. The van der Waals surface area contributed by atoms with Crippen molar-refractivity contribution in [2.24, 2.45) is 5.92 Å². The molecule has 1 aromatic carbocycles. The van der Waals surface area contributed by atoms with Gasteiger partial charge in [0.15, 0.2) is 0 Å². The number of carbonyl (C=O) groups excluding carboxylic acids is 1. The van der Waals surface area contributed by atoms with E-state index in [1.807, 2.05) is 6.92 Å². The number of nitrogens with one attached hydrogen (secondary N) is 1. The van der Waals surface area contributed by atoms with Gasteiger partial charge < -0.3 is 15.2 Å². The number of hydrogen-bond acceptors (Lipinski definition) is 3. The normalized spacial score (nSPS) is 13.8. The van der Waals surface area contributed by atoms with Gasteiger partial charge in [0, 0.05) is 5.69 Å². The van der Waals surface area contributed by atoms with Crippen LogP contribution in [0.5, 0.6) is 5.75 Å². The standard InChI is InChI=1S/C14H21NO3/c1-4-5-13(16)10(2)14(17)15-11-6-8-12(18-3)9-7-11/h6-10,13,16H,4-5H2,1-3H3,(H,15,17)/t10-,13-/m1/s1. The van der Waals surface area contributed by atoms with E-state index >= 15 is 0 Å². The monoisotopic (exact) mass is 251 g/mol. The lowest BCUT2D eigenvalue weighted by Crippen LogP contribution is -2.30. The zero-order chi connectivity index (χ0) is 13.5. The molecule has 1 amide bonds. The summed E-state index contributed by atoms with van der Waals surface area (Å²) >= 11 is 0. The van der Waals surface area contributed by atoms with Crippen molar-refractivity contribution in [2.75, 3.05) is 12.4 Å². The third kappa shape index (κ3) is 4.04. The number of carbonyl (C=O) groups is 1. The zero-order valence-corrected chi connectivity index (χ0v) is 11.1. The summed E-state index contributed by atoms with van der Waals surface area (Å²) < 4.78 is 5.04. The Labute approximate surface area is 108 Å². The van der Waals surface area contributed by atoms with Crippen LogP contribution in [0.4, 0.5) is 5.69 Å². The fourth-order valence-electron chi connectivity index (χ4n) is 1.65. The summed E-state index contributed by atoms with van der Waals surface area (Å²) in [6.07, 6.45) is 0.909. The summed E-state index contributed by atoms with van der Waals surface area (Å²) in [4.78, 5) is 11.9. The molecule has 0 aromatic heterocycles. The van der Waals surface area contributed by atoms with Crippen molar-refractivity contribution in [3.8, 4) is 5.75 Å². The minimum Gasteiger partial charge on any atom is -0.497 e. The lowest BCUT2D eigenvalue weighted by molar-refractivity contribution is -0.122. The van der Waals surface area contributed by atoms with Crippen LogP contribution in [0.25, 0.3) is 0 Å². The van der Waals surface area contributed by atoms with E-state index in [1.54, 1.807) is 38.3 Å². The first-order valence-electron chi connectivity index (χ1n) is 6.21. The van der Waals surface area contributed by atoms with E-state index in [1.165, 1.54) is 0 Å². The van der Waals surface area contributed by atoms with Crippen molar-refractivity contribution >= 4 is 11.6 Å². The zero-order valence-electron chi connectivity index (χ0n) is 11.1. The maximum atomic E-state index is 11.9. The largest absolute Gasteiger partial charge is 0.497 e. The van der Waals surface area contributed by atoms with Crippen LogP contribution in [0.15, 0.2) is 24.3 Å². The Balaban J connectivity index is 2.57. The first kappa shape index (κ1) is 14.5. The number of hydrogen-bond donors (Lipinski definition) is 2. The fourth-order valence-corrected chi connectivity index (χ4v) is 1.65. The van der Waals surface area contributed by atoms with E-state index < -0.39 is 12.0 Å². The van der Waals surface area contributed by atoms with Gasteiger partial charge in [0.1, 0.15) is 5.75 Å². The van der Waals surface area contributed by atoms with Gasteiger partial charge in [0.2, 0.25) is 5.91 Å². The smallest absolute Gasteiger partial charge is 0.229 e. The van der Waals surface area contributed by atoms with E-state index in [9.17, 15) is 9.90 Å². The average molecular weight is 251 g/mol. The molecule has 0 spiro atoms. The van der Waals surface area contributed by atoms with Gasteiger partial charge in [-0.05, 0) is 30.7 Å². The number of aliphatic hydroxyl groups is 1. The Hall–Kier alpha value is -1.55. The Bertz CT molecular complexity index is 375. The number of methoxy groups -OCH3 is 1. The van der Waals surface area contributed by atoms with Gasteiger partial charge in [-0.2, -0.15) is 0 Å². The van der Waals surface area contributed by atoms with Crippen molar-refractivity contribution in [3.63, 3.8) is 0 Å². The molecular formula is C14H21NO3. The van der Waals surface area contributed by atoms with Gasteiger partial charge in [-0.15, -0.1) is 0 Å². The molecule has 1 rings (SSSR count). The lowest BCUT2D eigenvalue weighted by atomic mass is 10.00. The Morgan fingerprint density at radius 1 is 1.39 bits per heavy atom. The third-order valence-corrected chi connectivity index (χ3v) is 2.93. The van der Waals surface area contributed by atoms with Crippen LogP contribution in [0.1, 0.15) is 26.7 Å². The predicted molar refractivity (Wildman–Crippen MR) is 71.7 cm³/mol. The molecule has 0 radical (unpaired) electrons. The van der Waals surface area contributed by atoms with E-state index in [4.69, 9.17) is 4.74 Å². The van der Waals surface area contributed by atoms with Crippen LogP contribution >= 0.6 is 0 Å². The molecule has 0 unspecified atom stereocenters. The Morgan fingerprint density at radius 2 is 2.00 bits per heavy atom. The van der Waals surface area contributed by atoms with Crippen molar-refractivity contribution < 1.29 is 14.6 Å². The molecule has 0 heterocycles. The summed E-state index contributed by atoms with van der Waals surface area (Å²) in [5.41, 5.74) is 0.705. The molecule has 4 nitrogen and oxygen atoms in total. The van der Waals surface area contributed by atoms with E-state index in [-0.39, 0.29) is 5.91 Å². The van der Waals surface area contributed by atoms with E-state index in [0.29, 0.717) is 12.1 Å². The summed E-state index contributed by atoms with van der Waals surface area (Å²) in [6.45, 7) is 3.72. The van der Waals surface area contributed by atoms with Crippen molar-refractivity contribution in [1.29, 1.82) is 0 Å². The molecule has 4 heteroatoms. The average Bonchev–Trinajstić information content (AvgIpc) is 2.39. The predicted octanol–water partition coefficient (Wildman–Crippen LogP) is 2.43. The number of ether oxygens (including phenoxy) is 1. The lowest BCUT2D eigenvalue weighted by Gasteiger charge is -2.17. The molecule has 0 aliphatic carbocycles. The third-order valence-electron chi connectivity index (χ3n) is 2.93. The van der Waals surface area contributed by atoms with Gasteiger partial charge in [-0.25, -0.2) is 0 Å². The summed E-state index contributed by atoms with van der Waals surface area (Å²) in [5.74, 6) is 0.167. The Morgan fingerprint density at radius 3 is 2.50 bits per heavy atom. The fraction of sp³-hybridized carbons (Fsp3) is 0.500. The second kappa shape index (κ2) is 7.01. The second-order valence-electron chi connectivity index (χ2n) is 4.36. The van der Waals surface area contributed by atoms with Crippen LogP contribution < -0.4 is 10.1 Å². The van der Waals surface area contributed by atoms with E-state index in [2.05, 4.69) is 5.32 Å². The van der Waals surface area contributed by atoms with Crippen LogP contribution in [0, 0.1) is 5.92 Å². The van der Waals surface area contributed by atoms with Gasteiger partial charge in [0.25, 0.3) is 0 Å². The first-order valence-corrected chi connectivity index (χ1v) is 6.21. The summed E-state index contributed by atoms with van der Waals surface area (Å²) in [7, 11) is 1.59. The van der Waals surface area contributed by atoms with E-state index in [0.717, 1.165) is 12.2 Å². The number of benzene rings is 1. The van der Waals surface area contributed by atoms with Crippen LogP contribution in [-0.4, -0.2) is 24.2 Å². The molecule has 1 aromatic rings. The molecule has 2 atom stereocenters. The quantitative estimate of drug-likeness (QED) is 0.816. The molecule has 0 fully saturated rings. The topological polar surface area (TPSA) is 58.6 Å². The molecular weight excluding hydrogens is 230 g/mol. The second-order valence-corrected chi connectivity index (χ2v) is 4.36. The van der Waals surface area contributed by atoms with Crippen molar-refractivity contribution in [1.82, 2.24) is 0 Å². The minimum absolute atomic E-state index is 0.166. The van der Waals surface area contributed by atoms with Gasteiger partial charge in [0.05, 0.1) is 19.1 Å². The van der Waals surface area contributed by atoms with Crippen molar-refractivity contribution in [3.05, 3.63) is 24.3 Å². The van der Waals surface area contributed by atoms with Crippen LogP contribution in [0.2, 0.25) is 0 Å². The molecule has 0 aliphatic rings. The first-order chi connectivity index (χ1) is 8.58. The number of rotatable bonds is 6. The highest BCUT2D eigenvalue weighted by atomic mass is 16.5. The minimum atomic E-state index is -0.590. The van der Waals surface area contributed by atoms with Gasteiger partial charge in [-0.1, -0.05) is 20.3 Å². The number of amides is 1. The molecule has 100 valence electrons. The molecule has 0 aliphatic heterocycles. The van der Waals surface area contributed by atoms with Gasteiger partial charge >= 0.3 is 0 Å². The summed E-state index contributed by atoms with van der Waals surface area (Å²) in [5, 5.41) is 12.5. The molecule has 0 saturated heterocycles. The maximum absolute atomic E-state index is 11.9. The number of aliphatic hydroxyl groups excluding tert-OH is 1. The maximum Gasteiger partial charge on any atom is 0.229 e. The highest BCUT2D eigenvalue weighted by Gasteiger charge is 2.21.